The zero-order valence-electron chi connectivity index (χ0n) is 21.4. The Morgan fingerprint density at radius 1 is 1.00 bits per heavy atom. The number of carboxylic acids is 1. The lowest BCUT2D eigenvalue weighted by atomic mass is 10.1. The molecule has 0 bridgehead atoms. The SMILES string of the molecule is COc1c(Cl)ccc(Cl)c1C(=O)O.COc1nc(C)nc(NC(=O)NS(=O)(=O)c2ccccc2CCC(F)(F)F)n1. The predicted molar refractivity (Wildman–Crippen MR) is 141 cm³/mol. The first-order valence-corrected chi connectivity index (χ1v) is 13.3. The van der Waals surface area contributed by atoms with Crippen LogP contribution in [0.3, 0.4) is 0 Å². The molecule has 18 heteroatoms. The number of carbonyl (C=O) groups is 2. The summed E-state index contributed by atoms with van der Waals surface area (Å²) in [6.07, 6.45) is -6.20. The van der Waals surface area contributed by atoms with Gasteiger partial charge in [-0.25, -0.2) is 22.7 Å². The molecule has 222 valence electrons. The van der Waals surface area contributed by atoms with Crippen molar-refractivity contribution in [3.05, 3.63) is 63.4 Å². The molecule has 0 fully saturated rings. The maximum absolute atomic E-state index is 12.5. The van der Waals surface area contributed by atoms with E-state index in [1.807, 2.05) is 0 Å². The van der Waals surface area contributed by atoms with Gasteiger partial charge in [-0.2, -0.15) is 28.1 Å². The molecular weight excluding hydrogens is 618 g/mol. The van der Waals surface area contributed by atoms with Crippen LogP contribution in [-0.2, 0) is 16.4 Å². The topological polar surface area (TPSA) is 170 Å². The number of rotatable bonds is 8. The van der Waals surface area contributed by atoms with Crippen LogP contribution in [0.4, 0.5) is 23.9 Å². The van der Waals surface area contributed by atoms with Gasteiger partial charge in [0, 0.05) is 6.42 Å². The molecule has 1 heterocycles. The molecule has 0 spiro atoms. The Morgan fingerprint density at radius 3 is 2.20 bits per heavy atom. The van der Waals surface area contributed by atoms with E-state index in [-0.39, 0.29) is 44.7 Å². The molecule has 2 aromatic carbocycles. The number of nitrogens with one attached hydrogen (secondary N) is 2. The van der Waals surface area contributed by atoms with Gasteiger partial charge < -0.3 is 14.6 Å². The Kier molecular flexibility index (Phi) is 11.5. The number of sulfonamides is 1. The minimum Gasteiger partial charge on any atom is -0.494 e. The number of nitrogens with zero attached hydrogens (tertiary/aromatic N) is 3. The third-order valence-corrected chi connectivity index (χ3v) is 6.82. The van der Waals surface area contributed by atoms with Crippen molar-refractivity contribution in [1.82, 2.24) is 19.7 Å². The van der Waals surface area contributed by atoms with E-state index in [0.29, 0.717) is 0 Å². The van der Waals surface area contributed by atoms with E-state index in [9.17, 15) is 31.2 Å². The van der Waals surface area contributed by atoms with Crippen LogP contribution in [0.1, 0.15) is 28.2 Å². The number of carboxylic acid groups (broad SMARTS) is 1. The number of aromatic nitrogens is 3. The monoisotopic (exact) mass is 639 g/mol. The third-order valence-electron chi connectivity index (χ3n) is 4.78. The number of hydrogen-bond acceptors (Lipinski definition) is 9. The van der Waals surface area contributed by atoms with Gasteiger partial charge in [0.15, 0.2) is 5.75 Å². The highest BCUT2D eigenvalue weighted by molar-refractivity contribution is 7.90. The molecule has 2 amide bonds. The molecule has 0 aliphatic rings. The van der Waals surface area contributed by atoms with Gasteiger partial charge in [-0.3, -0.25) is 5.32 Å². The molecule has 3 aromatic rings. The molecule has 0 aliphatic carbocycles. The van der Waals surface area contributed by atoms with Gasteiger partial charge in [-0.1, -0.05) is 41.4 Å². The number of carbonyl (C=O) groups excluding carboxylic acids is 1. The lowest BCUT2D eigenvalue weighted by Crippen LogP contribution is -2.35. The molecule has 3 rings (SSSR count). The Hall–Kier alpha value is -3.89. The average molecular weight is 640 g/mol. The largest absolute Gasteiger partial charge is 0.494 e. The summed E-state index contributed by atoms with van der Waals surface area (Å²) in [7, 11) is -1.81. The predicted octanol–water partition coefficient (Wildman–Crippen LogP) is 4.89. The Bertz CT molecular complexity index is 1530. The van der Waals surface area contributed by atoms with E-state index in [1.165, 1.54) is 51.5 Å². The van der Waals surface area contributed by atoms with Crippen molar-refractivity contribution in [3.63, 3.8) is 0 Å². The third kappa shape index (κ3) is 9.91. The first-order valence-electron chi connectivity index (χ1n) is 11.1. The number of alkyl halides is 3. The summed E-state index contributed by atoms with van der Waals surface area (Å²) in [5.41, 5.74) is -0.186. The minimum atomic E-state index is -4.45. The van der Waals surface area contributed by atoms with Crippen molar-refractivity contribution in [2.24, 2.45) is 0 Å². The zero-order chi connectivity index (χ0) is 31.0. The van der Waals surface area contributed by atoms with Crippen molar-refractivity contribution in [3.8, 4) is 11.8 Å². The smallest absolute Gasteiger partial charge is 0.389 e. The van der Waals surface area contributed by atoms with Crippen LogP contribution in [0.5, 0.6) is 11.8 Å². The second-order valence-corrected chi connectivity index (χ2v) is 10.2. The molecule has 12 nitrogen and oxygen atoms in total. The first kappa shape index (κ1) is 33.3. The second kappa shape index (κ2) is 14.1. The second-order valence-electron chi connectivity index (χ2n) is 7.72. The molecular formula is C23H22Cl2F3N5O7S. The van der Waals surface area contributed by atoms with Crippen LogP contribution in [-0.4, -0.2) is 60.9 Å². The van der Waals surface area contributed by atoms with Crippen molar-refractivity contribution >= 4 is 51.2 Å². The van der Waals surface area contributed by atoms with Crippen LogP contribution >= 0.6 is 23.2 Å². The Balaban J connectivity index is 0.000000377. The van der Waals surface area contributed by atoms with Crippen molar-refractivity contribution in [1.29, 1.82) is 0 Å². The lowest BCUT2D eigenvalue weighted by Gasteiger charge is -2.13. The number of methoxy groups -OCH3 is 2. The Labute approximate surface area is 241 Å². The zero-order valence-corrected chi connectivity index (χ0v) is 23.7. The molecule has 3 N–H and O–H groups in total. The molecule has 0 unspecified atom stereocenters. The van der Waals surface area contributed by atoms with E-state index in [0.717, 1.165) is 6.07 Å². The lowest BCUT2D eigenvalue weighted by molar-refractivity contribution is -0.134. The summed E-state index contributed by atoms with van der Waals surface area (Å²) in [5.74, 6) is -1.13. The van der Waals surface area contributed by atoms with E-state index >= 15 is 0 Å². The highest BCUT2D eigenvalue weighted by atomic mass is 35.5. The number of ether oxygens (including phenoxy) is 2. The fraction of sp³-hybridized carbons (Fsp3) is 0.261. The molecule has 0 saturated heterocycles. The summed E-state index contributed by atoms with van der Waals surface area (Å²) in [4.78, 5) is 33.7. The number of halogens is 5. The van der Waals surface area contributed by atoms with Crippen LogP contribution in [0.15, 0.2) is 41.3 Å². The van der Waals surface area contributed by atoms with Gasteiger partial charge in [-0.15, -0.1) is 0 Å². The maximum atomic E-state index is 12.5. The van der Waals surface area contributed by atoms with Crippen molar-refractivity contribution in [2.75, 3.05) is 19.5 Å². The van der Waals surface area contributed by atoms with Gasteiger partial charge in [0.25, 0.3) is 10.0 Å². The van der Waals surface area contributed by atoms with Gasteiger partial charge in [0.1, 0.15) is 11.4 Å². The molecule has 1 aromatic heterocycles. The molecule has 0 radical (unpaired) electrons. The number of amides is 2. The van der Waals surface area contributed by atoms with Crippen LogP contribution < -0.4 is 19.5 Å². The number of aromatic carboxylic acids is 1. The number of hydrogen-bond donors (Lipinski definition) is 3. The fourth-order valence-electron chi connectivity index (χ4n) is 3.09. The number of urea groups is 1. The fourth-order valence-corrected chi connectivity index (χ4v) is 4.73. The highest BCUT2D eigenvalue weighted by Gasteiger charge is 2.29. The van der Waals surface area contributed by atoms with Crippen LogP contribution in [0.25, 0.3) is 0 Å². The maximum Gasteiger partial charge on any atom is 0.389 e. The highest BCUT2D eigenvalue weighted by Crippen LogP contribution is 2.33. The van der Waals surface area contributed by atoms with Gasteiger partial charge in [0.2, 0.25) is 5.95 Å². The number of anilines is 1. The average Bonchev–Trinajstić information content (AvgIpc) is 2.87. The molecule has 41 heavy (non-hydrogen) atoms. The summed E-state index contributed by atoms with van der Waals surface area (Å²) in [6.45, 7) is 1.50. The number of benzene rings is 2. The molecule has 0 saturated carbocycles. The van der Waals surface area contributed by atoms with Crippen LogP contribution in [0, 0.1) is 6.92 Å². The van der Waals surface area contributed by atoms with Gasteiger partial charge in [0.05, 0.1) is 29.2 Å². The van der Waals surface area contributed by atoms with Crippen LogP contribution in [0.2, 0.25) is 10.0 Å². The standard InChI is InChI=1S/C15H16F3N5O4S.C8H6Cl2O3/c1-9-19-12(22-14(20-9)27-2)21-13(24)23-28(25,26)11-6-4-3-5-10(11)7-8-15(16,17)18;1-13-7-5(10)3-2-4(9)6(7)8(11)12/h3-6H,7-8H2,1-2H3,(H2,19,20,21,22,23,24);2-3H,1H3,(H,11,12). The van der Waals surface area contributed by atoms with Crippen molar-refractivity contribution < 1.29 is 45.8 Å². The number of aryl methyl sites for hydroxylation is 2. The summed E-state index contributed by atoms with van der Waals surface area (Å²) < 4.78 is 73.6. The van der Waals surface area contributed by atoms with Crippen molar-refractivity contribution in [2.45, 2.75) is 30.8 Å². The van der Waals surface area contributed by atoms with Gasteiger partial charge in [-0.05, 0) is 37.1 Å². The first-order chi connectivity index (χ1) is 19.1. The van der Waals surface area contributed by atoms with E-state index in [2.05, 4.69) is 20.3 Å². The normalized spacial score (nSPS) is 11.1. The molecule has 0 aliphatic heterocycles. The molecule has 0 atom stereocenters. The quantitative estimate of drug-likeness (QED) is 0.308. The summed E-state index contributed by atoms with van der Waals surface area (Å²) >= 11 is 11.4. The van der Waals surface area contributed by atoms with E-state index in [1.54, 1.807) is 4.72 Å². The minimum absolute atomic E-state index is 0.0715. The van der Waals surface area contributed by atoms with Gasteiger partial charge >= 0.3 is 24.2 Å². The van der Waals surface area contributed by atoms with E-state index < -0.39 is 45.9 Å². The summed E-state index contributed by atoms with van der Waals surface area (Å²) in [6, 6.07) is 6.70. The summed E-state index contributed by atoms with van der Waals surface area (Å²) in [5, 5.41) is 11.2. The van der Waals surface area contributed by atoms with E-state index in [4.69, 9.17) is 37.8 Å². The Morgan fingerprint density at radius 2 is 1.63 bits per heavy atom.